The molecule has 3 nitrogen and oxygen atoms in total. The minimum Gasteiger partial charge on any atom is -0.258 e. The van der Waals surface area contributed by atoms with Gasteiger partial charge < -0.3 is 0 Å². The van der Waals surface area contributed by atoms with Crippen LogP contribution in [0.4, 0.5) is 18.9 Å². The van der Waals surface area contributed by atoms with Gasteiger partial charge in [0, 0.05) is 11.6 Å². The molecule has 0 bridgehead atoms. The van der Waals surface area contributed by atoms with Crippen LogP contribution in [0.25, 0.3) is 0 Å². The quantitative estimate of drug-likeness (QED) is 0.566. The van der Waals surface area contributed by atoms with Gasteiger partial charge in [-0.05, 0) is 12.5 Å². The van der Waals surface area contributed by atoms with E-state index in [-0.39, 0.29) is 0 Å². The van der Waals surface area contributed by atoms with E-state index in [4.69, 9.17) is 0 Å². The maximum absolute atomic E-state index is 12.2. The fourth-order valence-corrected chi connectivity index (χ4v) is 1.21. The summed E-state index contributed by atoms with van der Waals surface area (Å²) < 4.78 is 36.7. The summed E-state index contributed by atoms with van der Waals surface area (Å²) in [5, 5.41) is 10.5. The zero-order valence-electron chi connectivity index (χ0n) is 7.84. The number of nitrogens with zero attached hydrogens (tertiary/aromatic N) is 1. The molecular weight excluding hydrogens is 211 g/mol. The normalized spacial score (nSPS) is 11.5. The van der Waals surface area contributed by atoms with E-state index in [1.54, 1.807) is 6.92 Å². The van der Waals surface area contributed by atoms with Gasteiger partial charge in [-0.15, -0.1) is 0 Å². The molecule has 0 saturated carbocycles. The Hall–Kier alpha value is -1.59. The molecule has 0 amide bonds. The summed E-state index contributed by atoms with van der Waals surface area (Å²) in [4.78, 5) is 9.70. The molecule has 1 rings (SSSR count). The van der Waals surface area contributed by atoms with Crippen LogP contribution in [-0.4, -0.2) is 4.92 Å². The van der Waals surface area contributed by atoms with Crippen LogP contribution < -0.4 is 0 Å². The minimum atomic E-state index is -4.54. The average molecular weight is 219 g/mol. The van der Waals surface area contributed by atoms with Crippen molar-refractivity contribution in [2.24, 2.45) is 0 Å². The molecule has 0 aromatic heterocycles. The highest BCUT2D eigenvalue weighted by Crippen LogP contribution is 2.32. The van der Waals surface area contributed by atoms with Gasteiger partial charge in [-0.2, -0.15) is 13.2 Å². The zero-order valence-corrected chi connectivity index (χ0v) is 7.84. The molecule has 1 aromatic rings. The first-order chi connectivity index (χ1) is 6.86. The van der Waals surface area contributed by atoms with Gasteiger partial charge in [-0.25, -0.2) is 0 Å². The predicted octanol–water partition coefficient (Wildman–Crippen LogP) is 3.18. The van der Waals surface area contributed by atoms with Crippen LogP contribution in [0.1, 0.15) is 18.1 Å². The third-order valence-electron chi connectivity index (χ3n) is 1.99. The molecule has 6 heteroatoms. The molecule has 0 spiro atoms. The monoisotopic (exact) mass is 219 g/mol. The molecule has 0 heterocycles. The van der Waals surface area contributed by atoms with Gasteiger partial charge >= 0.3 is 6.18 Å². The SMILES string of the molecule is CCc1ccc(C(F)(F)F)cc1[N+](=O)[O-]. The Morgan fingerprint density at radius 2 is 2.00 bits per heavy atom. The Morgan fingerprint density at radius 3 is 2.40 bits per heavy atom. The lowest BCUT2D eigenvalue weighted by atomic mass is 10.1. The molecule has 0 aliphatic carbocycles. The molecule has 0 atom stereocenters. The smallest absolute Gasteiger partial charge is 0.258 e. The van der Waals surface area contributed by atoms with E-state index in [2.05, 4.69) is 0 Å². The van der Waals surface area contributed by atoms with Gasteiger partial charge in [0.25, 0.3) is 5.69 Å². The topological polar surface area (TPSA) is 43.1 Å². The predicted molar refractivity (Wildman–Crippen MR) is 47.5 cm³/mol. The van der Waals surface area contributed by atoms with Crippen molar-refractivity contribution in [3.8, 4) is 0 Å². The Bertz CT molecular complexity index is 387. The Labute approximate surface area is 83.7 Å². The van der Waals surface area contributed by atoms with Crippen molar-refractivity contribution in [1.29, 1.82) is 0 Å². The second kappa shape index (κ2) is 3.88. The number of hydrogen-bond acceptors (Lipinski definition) is 2. The molecular formula is C9H8F3NO2. The Balaban J connectivity index is 3.28. The summed E-state index contributed by atoms with van der Waals surface area (Å²) in [6, 6.07) is 2.56. The number of hydrogen-bond donors (Lipinski definition) is 0. The summed E-state index contributed by atoms with van der Waals surface area (Å²) in [6.45, 7) is 1.65. The van der Waals surface area contributed by atoms with Crippen molar-refractivity contribution in [3.05, 3.63) is 39.4 Å². The number of aryl methyl sites for hydroxylation is 1. The van der Waals surface area contributed by atoms with Gasteiger partial charge in [0.1, 0.15) is 0 Å². The first-order valence-electron chi connectivity index (χ1n) is 4.20. The molecule has 0 unspecified atom stereocenters. The summed E-state index contributed by atoms with van der Waals surface area (Å²) >= 11 is 0. The number of rotatable bonds is 2. The van der Waals surface area contributed by atoms with Gasteiger partial charge in [0.15, 0.2) is 0 Å². The Morgan fingerprint density at radius 1 is 1.40 bits per heavy atom. The van der Waals surface area contributed by atoms with Crippen LogP contribution in [0.15, 0.2) is 18.2 Å². The van der Waals surface area contributed by atoms with E-state index in [9.17, 15) is 23.3 Å². The van der Waals surface area contributed by atoms with Crippen LogP contribution in [0.5, 0.6) is 0 Å². The van der Waals surface area contributed by atoms with Gasteiger partial charge in [-0.1, -0.05) is 13.0 Å². The highest BCUT2D eigenvalue weighted by atomic mass is 19.4. The summed E-state index contributed by atoms with van der Waals surface area (Å²) in [7, 11) is 0. The first kappa shape index (κ1) is 11.5. The fraction of sp³-hybridized carbons (Fsp3) is 0.333. The third kappa shape index (κ3) is 2.45. The standard InChI is InChI=1S/C9H8F3NO2/c1-2-6-3-4-7(9(10,11)12)5-8(6)13(14)15/h3-5H,2H2,1H3. The van der Waals surface area contributed by atoms with E-state index < -0.39 is 22.4 Å². The average Bonchev–Trinajstić information content (AvgIpc) is 2.15. The maximum Gasteiger partial charge on any atom is 0.416 e. The summed E-state index contributed by atoms with van der Waals surface area (Å²) in [6.07, 6.45) is -4.22. The summed E-state index contributed by atoms with van der Waals surface area (Å²) in [5.41, 5.74) is -1.17. The van der Waals surface area contributed by atoms with Gasteiger partial charge in [-0.3, -0.25) is 10.1 Å². The second-order valence-corrected chi connectivity index (χ2v) is 2.95. The zero-order chi connectivity index (χ0) is 11.6. The number of nitro benzene ring substituents is 1. The lowest BCUT2D eigenvalue weighted by molar-refractivity contribution is -0.385. The molecule has 1 aromatic carbocycles. The molecule has 15 heavy (non-hydrogen) atoms. The van der Waals surface area contributed by atoms with E-state index in [1.165, 1.54) is 0 Å². The van der Waals surface area contributed by atoms with E-state index in [0.29, 0.717) is 18.1 Å². The van der Waals surface area contributed by atoms with E-state index >= 15 is 0 Å². The van der Waals surface area contributed by atoms with Crippen molar-refractivity contribution in [2.75, 3.05) is 0 Å². The molecule has 82 valence electrons. The van der Waals surface area contributed by atoms with Crippen LogP contribution in [0, 0.1) is 10.1 Å². The molecule has 0 aliphatic heterocycles. The highest BCUT2D eigenvalue weighted by molar-refractivity contribution is 5.44. The maximum atomic E-state index is 12.2. The third-order valence-corrected chi connectivity index (χ3v) is 1.99. The van der Waals surface area contributed by atoms with E-state index in [1.807, 2.05) is 0 Å². The second-order valence-electron chi connectivity index (χ2n) is 2.95. The van der Waals surface area contributed by atoms with Crippen molar-refractivity contribution in [2.45, 2.75) is 19.5 Å². The first-order valence-corrected chi connectivity index (χ1v) is 4.20. The van der Waals surface area contributed by atoms with Crippen molar-refractivity contribution >= 4 is 5.69 Å². The molecule has 0 fully saturated rings. The van der Waals surface area contributed by atoms with Crippen LogP contribution in [0.3, 0.4) is 0 Å². The van der Waals surface area contributed by atoms with Crippen LogP contribution >= 0.6 is 0 Å². The molecule has 0 saturated heterocycles. The number of halogens is 3. The fourth-order valence-electron chi connectivity index (χ4n) is 1.21. The summed E-state index contributed by atoms with van der Waals surface area (Å²) in [5.74, 6) is 0. The lowest BCUT2D eigenvalue weighted by Crippen LogP contribution is -2.06. The van der Waals surface area contributed by atoms with Crippen molar-refractivity contribution < 1.29 is 18.1 Å². The van der Waals surface area contributed by atoms with Gasteiger partial charge in [0.05, 0.1) is 10.5 Å². The highest BCUT2D eigenvalue weighted by Gasteiger charge is 2.32. The molecule has 0 aliphatic rings. The minimum absolute atomic E-state index is 0.299. The Kier molecular flexibility index (Phi) is 2.97. The van der Waals surface area contributed by atoms with Crippen LogP contribution in [0.2, 0.25) is 0 Å². The number of nitro groups is 1. The molecule has 0 N–H and O–H groups in total. The van der Waals surface area contributed by atoms with Crippen LogP contribution in [-0.2, 0) is 12.6 Å². The number of alkyl halides is 3. The number of benzene rings is 1. The van der Waals surface area contributed by atoms with Crippen molar-refractivity contribution in [1.82, 2.24) is 0 Å². The van der Waals surface area contributed by atoms with Crippen molar-refractivity contribution in [3.63, 3.8) is 0 Å². The van der Waals surface area contributed by atoms with Gasteiger partial charge in [0.2, 0.25) is 0 Å². The van der Waals surface area contributed by atoms with E-state index in [0.717, 1.165) is 12.1 Å². The lowest BCUT2D eigenvalue weighted by Gasteiger charge is -2.07. The molecule has 0 radical (unpaired) electrons. The largest absolute Gasteiger partial charge is 0.416 e.